The van der Waals surface area contributed by atoms with Gasteiger partial charge in [0.15, 0.2) is 5.82 Å². The second-order valence-electron chi connectivity index (χ2n) is 4.97. The molecular formula is C13H16FN5O. The van der Waals surface area contributed by atoms with Crippen molar-refractivity contribution in [2.24, 2.45) is 5.73 Å². The van der Waals surface area contributed by atoms with Crippen molar-refractivity contribution in [2.45, 2.75) is 18.9 Å². The number of halogens is 1. The number of aromatic nitrogens is 3. The molecular weight excluding hydrogens is 261 g/mol. The van der Waals surface area contributed by atoms with Crippen LogP contribution in [0.5, 0.6) is 5.75 Å². The van der Waals surface area contributed by atoms with Crippen LogP contribution in [0.3, 0.4) is 0 Å². The van der Waals surface area contributed by atoms with Crippen molar-refractivity contribution in [3.8, 4) is 17.1 Å². The van der Waals surface area contributed by atoms with E-state index in [2.05, 4.69) is 15.2 Å². The smallest absolute Gasteiger partial charge is 0.245 e. The summed E-state index contributed by atoms with van der Waals surface area (Å²) < 4.78 is 13.0. The van der Waals surface area contributed by atoms with Crippen LogP contribution in [-0.4, -0.2) is 39.4 Å². The molecule has 0 atom stereocenters. The first-order valence-corrected chi connectivity index (χ1v) is 6.55. The molecule has 1 fully saturated rings. The van der Waals surface area contributed by atoms with Crippen LogP contribution in [0.15, 0.2) is 18.2 Å². The molecule has 7 heteroatoms. The van der Waals surface area contributed by atoms with E-state index in [0.717, 1.165) is 32.0 Å². The van der Waals surface area contributed by atoms with Gasteiger partial charge in [-0.05, 0) is 25.0 Å². The zero-order valence-corrected chi connectivity index (χ0v) is 10.9. The van der Waals surface area contributed by atoms with Crippen molar-refractivity contribution in [1.82, 2.24) is 15.2 Å². The molecule has 6 nitrogen and oxygen atoms in total. The zero-order valence-electron chi connectivity index (χ0n) is 10.9. The summed E-state index contributed by atoms with van der Waals surface area (Å²) in [6.45, 7) is 1.63. The van der Waals surface area contributed by atoms with E-state index in [1.54, 1.807) is 0 Å². The number of phenols is 1. The number of benzene rings is 1. The monoisotopic (exact) mass is 277 g/mol. The fraction of sp³-hybridized carbons (Fsp3) is 0.385. The third-order valence-electron chi connectivity index (χ3n) is 3.51. The Hall–Kier alpha value is -2.15. The van der Waals surface area contributed by atoms with Crippen LogP contribution in [0.25, 0.3) is 11.4 Å². The quantitative estimate of drug-likeness (QED) is 0.768. The van der Waals surface area contributed by atoms with E-state index in [1.165, 1.54) is 12.1 Å². The van der Waals surface area contributed by atoms with Crippen LogP contribution < -0.4 is 10.6 Å². The van der Waals surface area contributed by atoms with Crippen LogP contribution in [-0.2, 0) is 0 Å². The predicted octanol–water partition coefficient (Wildman–Crippen LogP) is 1.24. The Bertz CT molecular complexity index is 607. The topological polar surface area (TPSA) is 91.1 Å². The van der Waals surface area contributed by atoms with E-state index in [4.69, 9.17) is 5.73 Å². The number of phenolic OH excluding ortho intramolecular Hbond substituents is 1. The number of rotatable bonds is 2. The van der Waals surface area contributed by atoms with Crippen molar-refractivity contribution >= 4 is 5.95 Å². The molecule has 20 heavy (non-hydrogen) atoms. The minimum Gasteiger partial charge on any atom is -0.507 e. The predicted molar refractivity (Wildman–Crippen MR) is 72.9 cm³/mol. The molecule has 0 spiro atoms. The Balaban J connectivity index is 1.83. The molecule has 0 aliphatic carbocycles. The van der Waals surface area contributed by atoms with Gasteiger partial charge in [0.25, 0.3) is 0 Å². The molecule has 1 aliphatic heterocycles. The number of hydrogen-bond acceptors (Lipinski definition) is 5. The van der Waals surface area contributed by atoms with Gasteiger partial charge < -0.3 is 15.7 Å². The van der Waals surface area contributed by atoms with E-state index >= 15 is 0 Å². The van der Waals surface area contributed by atoms with Gasteiger partial charge in [0.05, 0.1) is 5.56 Å². The Morgan fingerprint density at radius 3 is 2.80 bits per heavy atom. The van der Waals surface area contributed by atoms with Crippen LogP contribution >= 0.6 is 0 Å². The fourth-order valence-corrected chi connectivity index (χ4v) is 2.32. The van der Waals surface area contributed by atoms with E-state index in [0.29, 0.717) is 17.3 Å². The Labute approximate surface area is 115 Å². The molecule has 0 unspecified atom stereocenters. The van der Waals surface area contributed by atoms with Crippen molar-refractivity contribution in [3.05, 3.63) is 24.0 Å². The molecule has 0 bridgehead atoms. The molecule has 0 saturated carbocycles. The van der Waals surface area contributed by atoms with Gasteiger partial charge in [-0.15, -0.1) is 5.10 Å². The number of piperidine rings is 1. The molecule has 1 saturated heterocycles. The Kier molecular flexibility index (Phi) is 3.27. The Morgan fingerprint density at radius 2 is 2.10 bits per heavy atom. The van der Waals surface area contributed by atoms with E-state index < -0.39 is 5.82 Å². The van der Waals surface area contributed by atoms with Gasteiger partial charge in [0.2, 0.25) is 5.95 Å². The van der Waals surface area contributed by atoms with Gasteiger partial charge in [0, 0.05) is 25.2 Å². The van der Waals surface area contributed by atoms with Gasteiger partial charge in [-0.1, -0.05) is 0 Å². The summed E-state index contributed by atoms with van der Waals surface area (Å²) in [5.74, 6) is 0.354. The zero-order chi connectivity index (χ0) is 14.1. The molecule has 1 aromatic heterocycles. The van der Waals surface area contributed by atoms with Gasteiger partial charge in [-0.2, -0.15) is 4.98 Å². The Morgan fingerprint density at radius 1 is 1.35 bits per heavy atom. The maximum Gasteiger partial charge on any atom is 0.245 e. The molecule has 2 heterocycles. The summed E-state index contributed by atoms with van der Waals surface area (Å²) in [6, 6.07) is 4.04. The number of hydrogen-bond donors (Lipinski definition) is 3. The molecule has 0 radical (unpaired) electrons. The van der Waals surface area contributed by atoms with E-state index in [9.17, 15) is 9.50 Å². The van der Waals surface area contributed by atoms with Gasteiger partial charge in [-0.25, -0.2) is 4.39 Å². The lowest BCUT2D eigenvalue weighted by Crippen LogP contribution is -2.40. The summed E-state index contributed by atoms with van der Waals surface area (Å²) in [4.78, 5) is 6.40. The largest absolute Gasteiger partial charge is 0.507 e. The SMILES string of the molecule is NC1CCN(c2n[nH]c(-c3ccc(F)cc3O)n2)CC1. The molecule has 106 valence electrons. The number of H-pyrrole nitrogens is 1. The average Bonchev–Trinajstić information content (AvgIpc) is 2.89. The number of nitrogens with zero attached hydrogens (tertiary/aromatic N) is 3. The number of nitrogens with two attached hydrogens (primary N) is 1. The molecule has 1 aliphatic rings. The average molecular weight is 277 g/mol. The number of anilines is 1. The molecule has 4 N–H and O–H groups in total. The van der Waals surface area contributed by atoms with Crippen LogP contribution in [0.1, 0.15) is 12.8 Å². The van der Waals surface area contributed by atoms with Crippen molar-refractivity contribution in [2.75, 3.05) is 18.0 Å². The highest BCUT2D eigenvalue weighted by molar-refractivity contribution is 5.64. The standard InChI is InChI=1S/C13H16FN5O/c14-8-1-2-10(11(20)7-8)12-16-13(18-17-12)19-5-3-9(15)4-6-19/h1-2,7,9,20H,3-6,15H2,(H,16,17,18). The second-order valence-corrected chi connectivity index (χ2v) is 4.97. The molecule has 1 aromatic carbocycles. The van der Waals surface area contributed by atoms with Gasteiger partial charge in [0.1, 0.15) is 11.6 Å². The first kappa shape index (κ1) is 12.9. The third-order valence-corrected chi connectivity index (χ3v) is 3.51. The lowest BCUT2D eigenvalue weighted by atomic mass is 10.1. The summed E-state index contributed by atoms with van der Waals surface area (Å²) >= 11 is 0. The molecule has 3 rings (SSSR count). The maximum atomic E-state index is 13.0. The lowest BCUT2D eigenvalue weighted by Gasteiger charge is -2.28. The first-order chi connectivity index (χ1) is 9.63. The summed E-state index contributed by atoms with van der Waals surface area (Å²) in [5, 5.41) is 16.7. The number of aromatic hydroxyl groups is 1. The second kappa shape index (κ2) is 5.09. The summed E-state index contributed by atoms with van der Waals surface area (Å²) in [7, 11) is 0. The maximum absolute atomic E-state index is 13.0. The molecule has 2 aromatic rings. The van der Waals surface area contributed by atoms with Gasteiger partial charge >= 0.3 is 0 Å². The molecule has 0 amide bonds. The highest BCUT2D eigenvalue weighted by Crippen LogP contribution is 2.28. The van der Waals surface area contributed by atoms with Crippen molar-refractivity contribution in [1.29, 1.82) is 0 Å². The van der Waals surface area contributed by atoms with Crippen molar-refractivity contribution in [3.63, 3.8) is 0 Å². The lowest BCUT2D eigenvalue weighted by molar-refractivity contribution is 0.470. The fourth-order valence-electron chi connectivity index (χ4n) is 2.32. The first-order valence-electron chi connectivity index (χ1n) is 6.55. The van der Waals surface area contributed by atoms with E-state index in [-0.39, 0.29) is 11.8 Å². The van der Waals surface area contributed by atoms with Crippen LogP contribution in [0, 0.1) is 5.82 Å². The highest BCUT2D eigenvalue weighted by Gasteiger charge is 2.20. The van der Waals surface area contributed by atoms with Gasteiger partial charge in [-0.3, -0.25) is 5.10 Å². The minimum atomic E-state index is -0.490. The summed E-state index contributed by atoms with van der Waals surface area (Å²) in [5.41, 5.74) is 6.29. The minimum absolute atomic E-state index is 0.159. The van der Waals surface area contributed by atoms with E-state index in [1.807, 2.05) is 4.90 Å². The van der Waals surface area contributed by atoms with Crippen molar-refractivity contribution < 1.29 is 9.50 Å². The van der Waals surface area contributed by atoms with Crippen LogP contribution in [0.4, 0.5) is 10.3 Å². The summed E-state index contributed by atoms with van der Waals surface area (Å²) in [6.07, 6.45) is 1.82. The van der Waals surface area contributed by atoms with Crippen LogP contribution in [0.2, 0.25) is 0 Å². The normalized spacial score (nSPS) is 16.6. The number of aromatic amines is 1. The highest BCUT2D eigenvalue weighted by atomic mass is 19.1. The number of nitrogens with one attached hydrogen (secondary N) is 1. The third kappa shape index (κ3) is 2.44.